The van der Waals surface area contributed by atoms with Crippen molar-refractivity contribution in [3.05, 3.63) is 5.89 Å². The van der Waals surface area contributed by atoms with E-state index < -0.39 is 6.03 Å². The van der Waals surface area contributed by atoms with E-state index in [2.05, 4.69) is 15.5 Å². The Balaban J connectivity index is 2.67. The van der Waals surface area contributed by atoms with E-state index in [1.165, 1.54) is 0 Å². The van der Waals surface area contributed by atoms with Crippen LogP contribution in [-0.2, 0) is 0 Å². The van der Waals surface area contributed by atoms with Crippen LogP contribution in [0.1, 0.15) is 5.89 Å². The predicted octanol–water partition coefficient (Wildman–Crippen LogP) is -0.131. The van der Waals surface area contributed by atoms with E-state index in [0.29, 0.717) is 5.89 Å². The minimum absolute atomic E-state index is 0.0185. The molecule has 0 saturated heterocycles. The molecule has 0 saturated carbocycles. The van der Waals surface area contributed by atoms with Crippen molar-refractivity contribution in [3.8, 4) is 0 Å². The summed E-state index contributed by atoms with van der Waals surface area (Å²) < 4.78 is 4.76. The number of hydrogen-bond acceptors (Lipinski definition) is 4. The maximum absolute atomic E-state index is 10.2. The topological polar surface area (TPSA) is 94.0 Å². The molecule has 0 aromatic carbocycles. The quantitative estimate of drug-likeness (QED) is 0.571. The first-order chi connectivity index (χ1) is 4.68. The normalized spacial score (nSPS) is 9.30. The third-order valence-corrected chi connectivity index (χ3v) is 0.756. The van der Waals surface area contributed by atoms with Crippen molar-refractivity contribution in [2.24, 2.45) is 5.73 Å². The van der Waals surface area contributed by atoms with Gasteiger partial charge in [-0.2, -0.15) is 0 Å². The second kappa shape index (κ2) is 2.34. The van der Waals surface area contributed by atoms with Crippen LogP contribution in [0, 0.1) is 6.92 Å². The molecular formula is C4H6N4O2. The molecule has 3 N–H and O–H groups in total. The highest BCUT2D eigenvalue weighted by molar-refractivity contribution is 5.85. The number of anilines is 1. The Bertz CT molecular complexity index is 243. The second-order valence-electron chi connectivity index (χ2n) is 1.62. The summed E-state index contributed by atoms with van der Waals surface area (Å²) in [5.41, 5.74) is 4.76. The van der Waals surface area contributed by atoms with Crippen molar-refractivity contribution in [2.75, 3.05) is 5.32 Å². The number of primary amides is 1. The molecule has 0 aliphatic rings. The summed E-state index contributed by atoms with van der Waals surface area (Å²) in [4.78, 5) is 10.2. The van der Waals surface area contributed by atoms with Crippen LogP contribution in [0.15, 0.2) is 4.42 Å². The average molecular weight is 142 g/mol. The predicted molar refractivity (Wildman–Crippen MR) is 32.2 cm³/mol. The van der Waals surface area contributed by atoms with E-state index in [4.69, 9.17) is 10.2 Å². The largest absolute Gasteiger partial charge is 0.408 e. The highest BCUT2D eigenvalue weighted by Gasteiger charge is 2.01. The van der Waals surface area contributed by atoms with E-state index in [1.807, 2.05) is 0 Å². The SMILES string of the molecule is Cc1nnc(NC(N)=O)o1. The van der Waals surface area contributed by atoms with Crippen LogP contribution in [0.4, 0.5) is 10.8 Å². The molecule has 10 heavy (non-hydrogen) atoms. The number of nitrogens with two attached hydrogens (primary N) is 1. The van der Waals surface area contributed by atoms with Gasteiger partial charge in [-0.05, 0) is 0 Å². The smallest absolute Gasteiger partial charge is 0.323 e. The summed E-state index contributed by atoms with van der Waals surface area (Å²) in [5, 5.41) is 9.03. The van der Waals surface area contributed by atoms with Crippen molar-refractivity contribution >= 4 is 12.0 Å². The van der Waals surface area contributed by atoms with Crippen molar-refractivity contribution in [1.82, 2.24) is 10.2 Å². The molecule has 1 aromatic rings. The zero-order valence-corrected chi connectivity index (χ0v) is 5.29. The summed E-state index contributed by atoms with van der Waals surface area (Å²) in [6, 6.07) is -0.700. The molecule has 0 bridgehead atoms. The van der Waals surface area contributed by atoms with Gasteiger partial charge in [0.1, 0.15) is 0 Å². The molecule has 6 heteroatoms. The van der Waals surface area contributed by atoms with Gasteiger partial charge in [-0.15, -0.1) is 5.10 Å². The van der Waals surface area contributed by atoms with Crippen molar-refractivity contribution in [2.45, 2.75) is 6.92 Å². The summed E-state index contributed by atoms with van der Waals surface area (Å²) >= 11 is 0. The van der Waals surface area contributed by atoms with Crippen LogP contribution in [0.5, 0.6) is 0 Å². The number of nitrogens with zero attached hydrogens (tertiary/aromatic N) is 2. The lowest BCUT2D eigenvalue weighted by Crippen LogP contribution is -2.19. The van der Waals surface area contributed by atoms with Gasteiger partial charge in [0.05, 0.1) is 0 Å². The lowest BCUT2D eigenvalue weighted by molar-refractivity contribution is 0.258. The molecule has 0 aliphatic carbocycles. The number of rotatable bonds is 1. The van der Waals surface area contributed by atoms with Crippen LogP contribution in [0.3, 0.4) is 0 Å². The van der Waals surface area contributed by atoms with Crippen LogP contribution in [-0.4, -0.2) is 16.2 Å². The van der Waals surface area contributed by atoms with E-state index in [-0.39, 0.29) is 6.01 Å². The zero-order chi connectivity index (χ0) is 7.56. The molecule has 0 aliphatic heterocycles. The highest BCUT2D eigenvalue weighted by Crippen LogP contribution is 2.01. The zero-order valence-electron chi connectivity index (χ0n) is 5.29. The maximum Gasteiger partial charge on any atom is 0.323 e. The fourth-order valence-electron chi connectivity index (χ4n) is 0.452. The molecule has 0 spiro atoms. The number of aromatic nitrogens is 2. The molecule has 0 unspecified atom stereocenters. The van der Waals surface area contributed by atoms with E-state index in [0.717, 1.165) is 0 Å². The minimum atomic E-state index is -0.719. The summed E-state index contributed by atoms with van der Waals surface area (Å²) in [7, 11) is 0. The van der Waals surface area contributed by atoms with Gasteiger partial charge in [0, 0.05) is 6.92 Å². The number of urea groups is 1. The molecule has 0 atom stereocenters. The summed E-state index contributed by atoms with van der Waals surface area (Å²) in [6.07, 6.45) is 0. The number of hydrogen-bond donors (Lipinski definition) is 2. The van der Waals surface area contributed by atoms with Crippen LogP contribution < -0.4 is 11.1 Å². The van der Waals surface area contributed by atoms with Crippen molar-refractivity contribution in [1.29, 1.82) is 0 Å². The molecule has 1 heterocycles. The Labute approximate surface area is 56.4 Å². The van der Waals surface area contributed by atoms with Gasteiger partial charge in [-0.25, -0.2) is 4.79 Å². The fraction of sp³-hybridized carbons (Fsp3) is 0.250. The maximum atomic E-state index is 10.2. The number of carbonyl (C=O) groups excluding carboxylic acids is 1. The fourth-order valence-corrected chi connectivity index (χ4v) is 0.452. The van der Waals surface area contributed by atoms with Gasteiger partial charge < -0.3 is 10.2 Å². The number of amides is 2. The first-order valence-corrected chi connectivity index (χ1v) is 2.55. The van der Waals surface area contributed by atoms with Crippen LogP contribution in [0.2, 0.25) is 0 Å². The first-order valence-electron chi connectivity index (χ1n) is 2.55. The van der Waals surface area contributed by atoms with Gasteiger partial charge in [0.2, 0.25) is 5.89 Å². The Kier molecular flexibility index (Phi) is 1.53. The molecular weight excluding hydrogens is 136 g/mol. The Morgan fingerprint density at radius 2 is 2.40 bits per heavy atom. The Hall–Kier alpha value is -1.59. The molecule has 0 fully saturated rings. The van der Waals surface area contributed by atoms with Gasteiger partial charge >= 0.3 is 12.0 Å². The van der Waals surface area contributed by atoms with Gasteiger partial charge in [-0.3, -0.25) is 5.32 Å². The molecule has 1 rings (SSSR count). The first kappa shape index (κ1) is 6.53. The Morgan fingerprint density at radius 1 is 1.70 bits per heavy atom. The van der Waals surface area contributed by atoms with Crippen LogP contribution >= 0.6 is 0 Å². The molecule has 0 radical (unpaired) electrons. The number of aryl methyl sites for hydroxylation is 1. The third-order valence-electron chi connectivity index (χ3n) is 0.756. The minimum Gasteiger partial charge on any atom is -0.408 e. The standard InChI is InChI=1S/C4H6N4O2/c1-2-7-8-4(10-2)6-3(5)9/h1H3,(H3,5,6,8,9). The molecule has 6 nitrogen and oxygen atoms in total. The van der Waals surface area contributed by atoms with Crippen LogP contribution in [0.25, 0.3) is 0 Å². The average Bonchev–Trinajstić information content (AvgIpc) is 2.13. The summed E-state index contributed by atoms with van der Waals surface area (Å²) in [6.45, 7) is 1.61. The van der Waals surface area contributed by atoms with E-state index >= 15 is 0 Å². The highest BCUT2D eigenvalue weighted by atomic mass is 16.4. The third kappa shape index (κ3) is 1.44. The van der Waals surface area contributed by atoms with E-state index in [1.54, 1.807) is 6.92 Å². The monoisotopic (exact) mass is 142 g/mol. The number of nitrogens with one attached hydrogen (secondary N) is 1. The van der Waals surface area contributed by atoms with Gasteiger partial charge in [0.15, 0.2) is 0 Å². The van der Waals surface area contributed by atoms with E-state index in [9.17, 15) is 4.79 Å². The van der Waals surface area contributed by atoms with Crippen molar-refractivity contribution < 1.29 is 9.21 Å². The van der Waals surface area contributed by atoms with Crippen molar-refractivity contribution in [3.63, 3.8) is 0 Å². The lowest BCUT2D eigenvalue weighted by atomic mass is 10.8. The molecule has 1 aromatic heterocycles. The Morgan fingerprint density at radius 3 is 2.80 bits per heavy atom. The van der Waals surface area contributed by atoms with Gasteiger partial charge in [0.25, 0.3) is 0 Å². The molecule has 2 amide bonds. The second-order valence-corrected chi connectivity index (χ2v) is 1.62. The van der Waals surface area contributed by atoms with Gasteiger partial charge in [-0.1, -0.05) is 5.10 Å². The summed E-state index contributed by atoms with van der Waals surface area (Å²) in [5.74, 6) is 0.378. The molecule has 54 valence electrons. The number of carbonyl (C=O) groups is 1. The lowest BCUT2D eigenvalue weighted by Gasteiger charge is -1.89.